The van der Waals surface area contributed by atoms with Gasteiger partial charge in [-0.2, -0.15) is 0 Å². The molecule has 0 fully saturated rings. The van der Waals surface area contributed by atoms with Crippen LogP contribution in [0.15, 0.2) is 259 Å². The molecule has 356 valence electrons. The quantitative estimate of drug-likeness (QED) is 0.0980. The number of nitrogens with zero attached hydrogens (tertiary/aromatic N) is 6. The summed E-state index contributed by atoms with van der Waals surface area (Å²) in [6.45, 7) is 6.40. The Morgan fingerprint density at radius 2 is 0.882 bits per heavy atom. The van der Waals surface area contributed by atoms with Crippen molar-refractivity contribution in [2.45, 2.75) is 6.92 Å². The Balaban J connectivity index is 0.925. The van der Waals surface area contributed by atoms with E-state index in [-0.39, 0.29) is 0 Å². The van der Waals surface area contributed by atoms with Crippen LogP contribution in [0.4, 0.5) is 0 Å². The molecule has 6 nitrogen and oxygen atoms in total. The SMILES string of the molecule is C=N/C(=N\C1=C(C)c2ccccc2[Si]2(c3ccccc31)c1ccccc1-c1cnc(-c3cccc(-n4c5ccccc5c5ccccc54)c3)nc1-c1ccccc12)c1cccc(-n2c3ccccc3c3ccccc32)c1. The van der Waals surface area contributed by atoms with E-state index >= 15 is 0 Å². The molecule has 2 aliphatic rings. The van der Waals surface area contributed by atoms with E-state index in [0.29, 0.717) is 11.7 Å². The Labute approximate surface area is 440 Å². The molecule has 15 rings (SSSR count). The van der Waals surface area contributed by atoms with Crippen LogP contribution in [0, 0.1) is 0 Å². The van der Waals surface area contributed by atoms with Gasteiger partial charge in [0.1, 0.15) is 0 Å². The van der Waals surface area contributed by atoms with E-state index in [0.717, 1.165) is 89.3 Å². The smallest absolute Gasteiger partial charge is 0.182 e. The number of aromatic nitrogens is 4. The van der Waals surface area contributed by atoms with Gasteiger partial charge in [-0.15, -0.1) is 0 Å². The highest BCUT2D eigenvalue weighted by Crippen LogP contribution is 2.41. The highest BCUT2D eigenvalue weighted by molar-refractivity contribution is 7.21. The second-order valence-corrected chi connectivity index (χ2v) is 23.5. The lowest BCUT2D eigenvalue weighted by atomic mass is 10.0. The summed E-state index contributed by atoms with van der Waals surface area (Å²) in [5.74, 6) is 1.23. The number of amidine groups is 1. The normalized spacial score (nSPS) is 14.8. The maximum atomic E-state index is 5.67. The minimum Gasteiger partial charge on any atom is -0.309 e. The van der Waals surface area contributed by atoms with Gasteiger partial charge in [-0.1, -0.05) is 194 Å². The molecule has 0 N–H and O–H groups in total. The third-order valence-electron chi connectivity index (χ3n) is 15.9. The van der Waals surface area contributed by atoms with Crippen LogP contribution >= 0.6 is 0 Å². The minimum atomic E-state index is -3.30. The zero-order valence-corrected chi connectivity index (χ0v) is 42.6. The monoisotopic (exact) mass is 986 g/mol. The Morgan fingerprint density at radius 3 is 1.46 bits per heavy atom. The first-order valence-electron chi connectivity index (χ1n) is 25.8. The first-order chi connectivity index (χ1) is 37.6. The molecule has 0 radical (unpaired) electrons. The standard InChI is InChI=1S/C69H46N6Si/c1-44-49-25-7-15-37-62(49)76(64-39-17-9-31-55(64)66(44)72-68(70-2)45-21-19-23-47(41-45)74-58-33-11-3-26-50(58)51-27-4-12-34-59(51)74)63-38-16-8-30-54(63)57-43-71-69(73-67(57)56-32-10-18-40-65(56)76)46-22-20-24-48(42-46)75-60-35-13-5-28-52(60)53-29-6-14-36-61(53)75/h3-43H,2H2,1H3/b72-68-. The molecule has 3 aromatic heterocycles. The van der Waals surface area contributed by atoms with Gasteiger partial charge in [-0.3, -0.25) is 0 Å². The first-order valence-corrected chi connectivity index (χ1v) is 27.8. The predicted octanol–water partition coefficient (Wildman–Crippen LogP) is 13.7. The Bertz CT molecular complexity index is 4540. The maximum absolute atomic E-state index is 5.67. The van der Waals surface area contributed by atoms with Gasteiger partial charge in [0.15, 0.2) is 19.7 Å². The fourth-order valence-electron chi connectivity index (χ4n) is 12.7. The number of benzene rings is 10. The summed E-state index contributed by atoms with van der Waals surface area (Å²) in [5, 5.41) is 9.97. The molecule has 1 unspecified atom stereocenters. The van der Waals surface area contributed by atoms with E-state index in [1.165, 1.54) is 42.3 Å². The molecule has 1 spiro atoms. The Morgan fingerprint density at radius 1 is 0.434 bits per heavy atom. The van der Waals surface area contributed by atoms with Crippen molar-refractivity contribution in [3.05, 3.63) is 266 Å². The molecule has 0 saturated carbocycles. The van der Waals surface area contributed by atoms with Crippen LogP contribution in [0.2, 0.25) is 0 Å². The number of allylic oxidation sites excluding steroid dienone is 1. The van der Waals surface area contributed by atoms with Crippen LogP contribution in [0.1, 0.15) is 23.6 Å². The summed E-state index contributed by atoms with van der Waals surface area (Å²) < 4.78 is 4.69. The van der Waals surface area contributed by atoms with Crippen molar-refractivity contribution < 1.29 is 0 Å². The average molecular weight is 987 g/mol. The molecule has 7 heteroatoms. The van der Waals surface area contributed by atoms with Crippen LogP contribution in [0.3, 0.4) is 0 Å². The van der Waals surface area contributed by atoms with E-state index in [2.05, 4.69) is 272 Å². The van der Waals surface area contributed by atoms with Crippen molar-refractivity contribution in [2.75, 3.05) is 0 Å². The Hall–Kier alpha value is -9.82. The summed E-state index contributed by atoms with van der Waals surface area (Å²) in [6, 6.07) is 87.7. The van der Waals surface area contributed by atoms with Crippen LogP contribution in [0.5, 0.6) is 0 Å². The van der Waals surface area contributed by atoms with Gasteiger partial charge in [-0.05, 0) is 99.6 Å². The highest BCUT2D eigenvalue weighted by atomic mass is 28.3. The van der Waals surface area contributed by atoms with E-state index < -0.39 is 8.07 Å². The lowest BCUT2D eigenvalue weighted by Crippen LogP contribution is -2.76. The summed E-state index contributed by atoms with van der Waals surface area (Å²) >= 11 is 0. The maximum Gasteiger partial charge on any atom is 0.182 e. The number of fused-ring (bicyclic) bond motifs is 17. The number of hydrogen-bond donors (Lipinski definition) is 0. The Kier molecular flexibility index (Phi) is 9.86. The minimum absolute atomic E-state index is 0.556. The molecule has 0 aliphatic carbocycles. The molecule has 0 bridgehead atoms. The fourth-order valence-corrected chi connectivity index (χ4v) is 18.4. The topological polar surface area (TPSA) is 60.4 Å². The van der Waals surface area contributed by atoms with Crippen LogP contribution in [-0.4, -0.2) is 39.7 Å². The van der Waals surface area contributed by atoms with Crippen LogP contribution < -0.4 is 20.7 Å². The van der Waals surface area contributed by atoms with Gasteiger partial charge in [0, 0.05) is 66.9 Å². The van der Waals surface area contributed by atoms with E-state index in [1.54, 1.807) is 0 Å². The van der Waals surface area contributed by atoms with Gasteiger partial charge in [0.2, 0.25) is 0 Å². The predicted molar refractivity (Wildman–Crippen MR) is 319 cm³/mol. The van der Waals surface area contributed by atoms with Crippen molar-refractivity contribution in [3.8, 4) is 45.1 Å². The number of para-hydroxylation sites is 4. The lowest BCUT2D eigenvalue weighted by Gasteiger charge is -2.37. The second kappa shape index (κ2) is 17.1. The largest absolute Gasteiger partial charge is 0.309 e. The van der Waals surface area contributed by atoms with Crippen molar-refractivity contribution in [2.24, 2.45) is 9.98 Å². The van der Waals surface area contributed by atoms with E-state index in [9.17, 15) is 0 Å². The molecule has 1 atom stereocenters. The van der Waals surface area contributed by atoms with Crippen molar-refractivity contribution in [1.82, 2.24) is 19.1 Å². The molecule has 0 amide bonds. The van der Waals surface area contributed by atoms with E-state index in [4.69, 9.17) is 20.0 Å². The molecular formula is C69H46N6Si. The number of hydrogen-bond acceptors (Lipinski definition) is 3. The highest BCUT2D eigenvalue weighted by Gasteiger charge is 2.50. The van der Waals surface area contributed by atoms with Crippen molar-refractivity contribution in [1.29, 1.82) is 0 Å². The summed E-state index contributed by atoms with van der Waals surface area (Å²) in [6.07, 6.45) is 2.07. The lowest BCUT2D eigenvalue weighted by molar-refractivity contribution is 1.16. The zero-order valence-electron chi connectivity index (χ0n) is 41.6. The van der Waals surface area contributed by atoms with Crippen molar-refractivity contribution >= 4 is 96.3 Å². The molecule has 13 aromatic rings. The van der Waals surface area contributed by atoms with Gasteiger partial charge in [0.05, 0.1) is 33.5 Å². The van der Waals surface area contributed by atoms with Crippen molar-refractivity contribution in [3.63, 3.8) is 0 Å². The summed E-state index contributed by atoms with van der Waals surface area (Å²) in [4.78, 5) is 21.3. The third kappa shape index (κ3) is 6.33. The molecular weight excluding hydrogens is 941 g/mol. The molecule has 10 aromatic carbocycles. The van der Waals surface area contributed by atoms with Gasteiger partial charge in [0.25, 0.3) is 0 Å². The van der Waals surface area contributed by atoms with Gasteiger partial charge < -0.3 is 9.13 Å². The molecule has 2 aliphatic heterocycles. The van der Waals surface area contributed by atoms with E-state index in [1.807, 2.05) is 0 Å². The molecule has 0 saturated heterocycles. The number of rotatable bonds is 5. The fraction of sp³-hybridized carbons (Fsp3) is 0.0145. The van der Waals surface area contributed by atoms with Crippen LogP contribution in [0.25, 0.3) is 100 Å². The molecule has 5 heterocycles. The van der Waals surface area contributed by atoms with Gasteiger partial charge >= 0.3 is 0 Å². The third-order valence-corrected chi connectivity index (χ3v) is 20.9. The first kappa shape index (κ1) is 43.7. The second-order valence-electron chi connectivity index (χ2n) is 19.8. The number of aliphatic imine (C=N–C) groups is 2. The summed E-state index contributed by atoms with van der Waals surface area (Å²) in [5.41, 5.74) is 16.9. The average Bonchev–Trinajstić information content (AvgIpc) is 4.05. The zero-order chi connectivity index (χ0) is 50.5. The van der Waals surface area contributed by atoms with Gasteiger partial charge in [-0.25, -0.2) is 20.0 Å². The molecule has 76 heavy (non-hydrogen) atoms. The van der Waals surface area contributed by atoms with Crippen LogP contribution in [-0.2, 0) is 0 Å². The summed E-state index contributed by atoms with van der Waals surface area (Å²) in [7, 11) is -3.30.